The molecule has 0 amide bonds. The smallest absolute Gasteiger partial charge is 0.308 e. The molecule has 0 saturated heterocycles. The first-order chi connectivity index (χ1) is 10.1. The molecule has 2 aromatic heterocycles. The lowest BCUT2D eigenvalue weighted by Gasteiger charge is -2.04. The largest absolute Gasteiger partial charge is 0.481 e. The minimum Gasteiger partial charge on any atom is -0.481 e. The van der Waals surface area contributed by atoms with E-state index in [1.807, 2.05) is 30.3 Å². The molecule has 3 aromatic rings. The van der Waals surface area contributed by atoms with Crippen molar-refractivity contribution in [3.8, 4) is 11.1 Å². The normalized spacial score (nSPS) is 10.9. The number of aliphatic carboxylic acids is 1. The van der Waals surface area contributed by atoms with Gasteiger partial charge < -0.3 is 5.11 Å². The fraction of sp³-hybridized carbons (Fsp3) is 0.133. The van der Waals surface area contributed by atoms with Crippen LogP contribution in [0.25, 0.3) is 16.8 Å². The van der Waals surface area contributed by atoms with E-state index in [4.69, 9.17) is 5.11 Å². The van der Waals surface area contributed by atoms with Crippen molar-refractivity contribution in [3.05, 3.63) is 58.1 Å². The Bertz CT molecular complexity index is 878. The fourth-order valence-electron chi connectivity index (χ4n) is 2.34. The molecule has 0 aliphatic rings. The van der Waals surface area contributed by atoms with Crippen molar-refractivity contribution >= 4 is 11.6 Å². The van der Waals surface area contributed by atoms with E-state index >= 15 is 0 Å². The molecule has 106 valence electrons. The van der Waals surface area contributed by atoms with Crippen molar-refractivity contribution in [1.82, 2.24) is 14.6 Å². The van der Waals surface area contributed by atoms with Crippen molar-refractivity contribution in [2.24, 2.45) is 0 Å². The molecule has 0 saturated carbocycles. The van der Waals surface area contributed by atoms with Gasteiger partial charge in [-0.05, 0) is 12.5 Å². The van der Waals surface area contributed by atoms with Crippen LogP contribution in [-0.4, -0.2) is 25.7 Å². The number of aryl methyl sites for hydroxylation is 1. The summed E-state index contributed by atoms with van der Waals surface area (Å²) in [5.74, 6) is -1.05. The number of nitrogens with one attached hydrogen (secondary N) is 1. The van der Waals surface area contributed by atoms with E-state index in [-0.39, 0.29) is 17.5 Å². The number of fused-ring (bicyclic) bond motifs is 1. The van der Waals surface area contributed by atoms with Crippen LogP contribution in [0.3, 0.4) is 0 Å². The Labute approximate surface area is 119 Å². The molecule has 0 aliphatic heterocycles. The van der Waals surface area contributed by atoms with E-state index in [0.29, 0.717) is 11.3 Å². The first-order valence-corrected chi connectivity index (χ1v) is 6.45. The predicted molar refractivity (Wildman–Crippen MR) is 77.3 cm³/mol. The third kappa shape index (κ3) is 2.20. The van der Waals surface area contributed by atoms with E-state index < -0.39 is 5.97 Å². The second kappa shape index (κ2) is 4.90. The molecule has 2 heterocycles. The monoisotopic (exact) mass is 283 g/mol. The molecule has 6 heteroatoms. The number of hydrogen-bond donors (Lipinski definition) is 2. The van der Waals surface area contributed by atoms with Gasteiger partial charge in [0.05, 0.1) is 12.0 Å². The third-order valence-corrected chi connectivity index (χ3v) is 3.38. The highest BCUT2D eigenvalue weighted by Gasteiger charge is 2.16. The zero-order valence-corrected chi connectivity index (χ0v) is 11.3. The molecule has 0 atom stereocenters. The number of aromatic amines is 1. The Kier molecular flexibility index (Phi) is 3.06. The molecule has 0 fully saturated rings. The number of H-pyrrole nitrogens is 1. The maximum absolute atomic E-state index is 12.4. The van der Waals surface area contributed by atoms with Gasteiger partial charge in [0.2, 0.25) is 0 Å². The summed E-state index contributed by atoms with van der Waals surface area (Å²) in [5.41, 5.74) is 2.51. The van der Waals surface area contributed by atoms with Crippen LogP contribution in [0.2, 0.25) is 0 Å². The zero-order chi connectivity index (χ0) is 15.0. The Balaban J connectivity index is 2.25. The van der Waals surface area contributed by atoms with E-state index in [1.165, 1.54) is 4.52 Å². The molecule has 1 aromatic carbocycles. The number of nitrogens with zero attached hydrogens (tertiary/aromatic N) is 2. The van der Waals surface area contributed by atoms with Crippen molar-refractivity contribution in [1.29, 1.82) is 0 Å². The van der Waals surface area contributed by atoms with Crippen LogP contribution < -0.4 is 5.56 Å². The number of rotatable bonds is 3. The zero-order valence-electron chi connectivity index (χ0n) is 11.3. The summed E-state index contributed by atoms with van der Waals surface area (Å²) in [7, 11) is 0. The number of carbonyl (C=O) groups is 1. The average Bonchev–Trinajstić information content (AvgIpc) is 2.88. The minimum atomic E-state index is -1.05. The molecule has 3 rings (SSSR count). The quantitative estimate of drug-likeness (QED) is 0.764. The standard InChI is InChI=1S/C15H13N3O3/c1-9-11(7-13(19)20)15(21)18-14(17-9)12(8-16-18)10-5-3-2-4-6-10/h2-6,8,16H,7H2,1H3,(H,19,20). The Morgan fingerprint density at radius 2 is 2.05 bits per heavy atom. The highest BCUT2D eigenvalue weighted by atomic mass is 16.4. The third-order valence-electron chi connectivity index (χ3n) is 3.38. The first kappa shape index (κ1) is 13.1. The van der Waals surface area contributed by atoms with Crippen LogP contribution in [0.4, 0.5) is 0 Å². The number of hydrogen-bond acceptors (Lipinski definition) is 3. The average molecular weight is 283 g/mol. The molecule has 0 bridgehead atoms. The fourth-order valence-corrected chi connectivity index (χ4v) is 2.34. The summed E-state index contributed by atoms with van der Waals surface area (Å²) in [5, 5.41) is 11.7. The topological polar surface area (TPSA) is 87.5 Å². The lowest BCUT2D eigenvalue weighted by Crippen LogP contribution is -2.23. The van der Waals surface area contributed by atoms with Crippen LogP contribution in [0.5, 0.6) is 0 Å². The number of carboxylic acids is 1. The molecule has 2 N–H and O–H groups in total. The first-order valence-electron chi connectivity index (χ1n) is 6.45. The van der Waals surface area contributed by atoms with E-state index in [0.717, 1.165) is 11.1 Å². The summed E-state index contributed by atoms with van der Waals surface area (Å²) >= 11 is 0. The minimum absolute atomic E-state index is 0.196. The number of carboxylic acid groups (broad SMARTS) is 1. The molecule has 6 nitrogen and oxygen atoms in total. The molecule has 0 spiro atoms. The molecular weight excluding hydrogens is 270 g/mol. The van der Waals surface area contributed by atoms with Gasteiger partial charge in [-0.1, -0.05) is 30.3 Å². The van der Waals surface area contributed by atoms with E-state index in [9.17, 15) is 9.59 Å². The Hall–Kier alpha value is -2.89. The lowest BCUT2D eigenvalue weighted by atomic mass is 10.1. The van der Waals surface area contributed by atoms with Gasteiger partial charge in [0, 0.05) is 17.5 Å². The van der Waals surface area contributed by atoms with Crippen molar-refractivity contribution < 1.29 is 9.90 Å². The van der Waals surface area contributed by atoms with Crippen molar-refractivity contribution in [2.75, 3.05) is 0 Å². The van der Waals surface area contributed by atoms with Gasteiger partial charge in [-0.2, -0.15) is 0 Å². The van der Waals surface area contributed by atoms with Crippen LogP contribution in [-0.2, 0) is 11.2 Å². The summed E-state index contributed by atoms with van der Waals surface area (Å²) in [6.07, 6.45) is 1.36. The second-order valence-corrected chi connectivity index (χ2v) is 4.76. The summed E-state index contributed by atoms with van der Waals surface area (Å²) in [4.78, 5) is 27.6. The molecular formula is C15H13N3O3. The molecule has 0 aliphatic carbocycles. The summed E-state index contributed by atoms with van der Waals surface area (Å²) in [6.45, 7) is 1.65. The molecule has 0 unspecified atom stereocenters. The lowest BCUT2D eigenvalue weighted by molar-refractivity contribution is -0.136. The highest BCUT2D eigenvalue weighted by molar-refractivity contribution is 5.77. The SMILES string of the molecule is Cc1nc2c(-c3ccccc3)c[nH]n2c(=O)c1CC(=O)O. The van der Waals surface area contributed by atoms with Crippen molar-refractivity contribution in [2.45, 2.75) is 13.3 Å². The van der Waals surface area contributed by atoms with Crippen LogP contribution in [0.1, 0.15) is 11.3 Å². The van der Waals surface area contributed by atoms with Crippen LogP contribution in [0.15, 0.2) is 41.3 Å². The molecule has 0 radical (unpaired) electrons. The van der Waals surface area contributed by atoms with Gasteiger partial charge in [0.25, 0.3) is 5.56 Å². The van der Waals surface area contributed by atoms with Crippen molar-refractivity contribution in [3.63, 3.8) is 0 Å². The maximum Gasteiger partial charge on any atom is 0.308 e. The Morgan fingerprint density at radius 1 is 1.33 bits per heavy atom. The van der Waals surface area contributed by atoms with Gasteiger partial charge in [-0.15, -0.1) is 0 Å². The number of aromatic nitrogens is 3. The highest BCUT2D eigenvalue weighted by Crippen LogP contribution is 2.22. The van der Waals surface area contributed by atoms with Crippen LogP contribution in [0, 0.1) is 6.92 Å². The predicted octanol–water partition coefficient (Wildman–Crippen LogP) is 1.63. The number of benzene rings is 1. The Morgan fingerprint density at radius 3 is 2.71 bits per heavy atom. The summed E-state index contributed by atoms with van der Waals surface area (Å²) < 4.78 is 1.29. The summed E-state index contributed by atoms with van der Waals surface area (Å²) in [6, 6.07) is 9.57. The van der Waals surface area contributed by atoms with Crippen LogP contribution >= 0.6 is 0 Å². The van der Waals surface area contributed by atoms with Gasteiger partial charge in [-0.25, -0.2) is 9.50 Å². The second-order valence-electron chi connectivity index (χ2n) is 4.76. The van der Waals surface area contributed by atoms with E-state index in [2.05, 4.69) is 10.1 Å². The van der Waals surface area contributed by atoms with Gasteiger partial charge in [0.1, 0.15) is 0 Å². The maximum atomic E-state index is 12.4. The van der Waals surface area contributed by atoms with Gasteiger partial charge in [0.15, 0.2) is 5.65 Å². The van der Waals surface area contributed by atoms with Gasteiger partial charge >= 0.3 is 5.97 Å². The van der Waals surface area contributed by atoms with Gasteiger partial charge in [-0.3, -0.25) is 14.7 Å². The molecule has 21 heavy (non-hydrogen) atoms. The van der Waals surface area contributed by atoms with E-state index in [1.54, 1.807) is 13.1 Å².